The van der Waals surface area contributed by atoms with Gasteiger partial charge in [0.2, 0.25) is 6.41 Å². The van der Waals surface area contributed by atoms with Crippen molar-refractivity contribution in [1.29, 1.82) is 0 Å². The van der Waals surface area contributed by atoms with Crippen molar-refractivity contribution in [3.05, 3.63) is 131 Å². The predicted molar refractivity (Wildman–Crippen MR) is 136 cm³/mol. The summed E-state index contributed by atoms with van der Waals surface area (Å²) in [5.74, 6) is 0. The molecule has 0 saturated heterocycles. The van der Waals surface area contributed by atoms with Crippen molar-refractivity contribution >= 4 is 20.1 Å². The first kappa shape index (κ1) is 24.4. The molecule has 1 aromatic heterocycles. The third-order valence-corrected chi connectivity index (χ3v) is 7.64. The fraction of sp³-hybridized carbons (Fsp3) is 0.111. The Bertz CT molecular complexity index is 1230. The van der Waals surface area contributed by atoms with Crippen LogP contribution in [0.25, 0.3) is 6.08 Å². The van der Waals surface area contributed by atoms with Gasteiger partial charge in [0.05, 0.1) is 12.0 Å². The van der Waals surface area contributed by atoms with E-state index in [2.05, 4.69) is 46.7 Å². The molecule has 0 aliphatic heterocycles. The van der Waals surface area contributed by atoms with Gasteiger partial charge in [-0.2, -0.15) is 0 Å². The van der Waals surface area contributed by atoms with Crippen LogP contribution in [0.2, 0.25) is 0 Å². The summed E-state index contributed by atoms with van der Waals surface area (Å²) in [4.78, 5) is 15.8. The zero-order chi connectivity index (χ0) is 24.7. The summed E-state index contributed by atoms with van der Waals surface area (Å²) >= 11 is 0. The Balaban J connectivity index is 1.98. The highest BCUT2D eigenvalue weighted by Gasteiger charge is 2.38. The fourth-order valence-electron chi connectivity index (χ4n) is 4.25. The van der Waals surface area contributed by atoms with Crippen LogP contribution in [0, 0.1) is 0 Å². The fourth-order valence-corrected chi connectivity index (χ4v) is 5.30. The van der Waals surface area contributed by atoms with E-state index in [1.54, 1.807) is 6.33 Å². The molecule has 4 rings (SSSR count). The van der Waals surface area contributed by atoms with Crippen LogP contribution in [-0.4, -0.2) is 30.2 Å². The number of hydrogen-bond acceptors (Lipinski definition) is 5. The second-order valence-corrected chi connectivity index (χ2v) is 9.88. The zero-order valence-corrected chi connectivity index (χ0v) is 20.3. The van der Waals surface area contributed by atoms with Gasteiger partial charge in [0.25, 0.3) is 0 Å². The van der Waals surface area contributed by atoms with Gasteiger partial charge >= 0.3 is 7.60 Å². The topological polar surface area (TPSA) is 82.4 Å². The molecule has 4 aromatic rings. The predicted octanol–water partition coefficient (Wildman–Crippen LogP) is 5.25. The third kappa shape index (κ3) is 4.62. The smallest absolute Gasteiger partial charge is 0.322 e. The number of carbonyl (C=O) groups is 1. The summed E-state index contributed by atoms with van der Waals surface area (Å²) in [6, 6.07) is 30.5. The van der Waals surface area contributed by atoms with Gasteiger partial charge in [0, 0.05) is 20.4 Å². The SMILES string of the molecule is COP(=O)(OC)/C(=C\c1cn(C(c2ccccc2)(c2ccccc2)c2ccccc2)cn1)NC=O. The zero-order valence-electron chi connectivity index (χ0n) is 19.4. The van der Waals surface area contributed by atoms with Crippen LogP contribution in [-0.2, 0) is 23.9 Å². The summed E-state index contributed by atoms with van der Waals surface area (Å²) in [6.07, 6.45) is 5.48. The van der Waals surface area contributed by atoms with E-state index in [1.807, 2.05) is 65.4 Å². The number of carbonyl (C=O) groups excluding carboxylic acids is 1. The number of amides is 1. The van der Waals surface area contributed by atoms with E-state index in [0.717, 1.165) is 16.7 Å². The number of benzene rings is 3. The van der Waals surface area contributed by atoms with Crippen molar-refractivity contribution in [3.8, 4) is 0 Å². The molecule has 8 heteroatoms. The number of nitrogens with zero attached hydrogens (tertiary/aromatic N) is 2. The normalized spacial score (nSPS) is 12.3. The molecular formula is C27H26N3O4P. The summed E-state index contributed by atoms with van der Waals surface area (Å²) in [5.41, 5.74) is 2.83. The summed E-state index contributed by atoms with van der Waals surface area (Å²) < 4.78 is 25.1. The molecule has 0 fully saturated rings. The summed E-state index contributed by atoms with van der Waals surface area (Å²) in [6.45, 7) is 0. The molecule has 0 atom stereocenters. The highest BCUT2D eigenvalue weighted by molar-refractivity contribution is 7.58. The van der Waals surface area contributed by atoms with Crippen LogP contribution in [0.5, 0.6) is 0 Å². The van der Waals surface area contributed by atoms with Gasteiger partial charge in [-0.1, -0.05) is 91.0 Å². The maximum atomic E-state index is 12.9. The van der Waals surface area contributed by atoms with Gasteiger partial charge in [0.1, 0.15) is 11.0 Å². The molecule has 0 aliphatic rings. The van der Waals surface area contributed by atoms with Gasteiger partial charge in [-0.15, -0.1) is 0 Å². The maximum Gasteiger partial charge on any atom is 0.377 e. The van der Waals surface area contributed by atoms with Crippen molar-refractivity contribution in [2.24, 2.45) is 0 Å². The quantitative estimate of drug-likeness (QED) is 0.188. The molecule has 0 unspecified atom stereocenters. The second kappa shape index (κ2) is 10.7. The number of nitrogens with one attached hydrogen (secondary N) is 1. The number of rotatable bonds is 10. The van der Waals surface area contributed by atoms with E-state index < -0.39 is 13.1 Å². The number of imidazole rings is 1. The van der Waals surface area contributed by atoms with Crippen LogP contribution in [0.15, 0.2) is 109 Å². The van der Waals surface area contributed by atoms with Crippen molar-refractivity contribution in [3.63, 3.8) is 0 Å². The molecule has 0 saturated carbocycles. The lowest BCUT2D eigenvalue weighted by Gasteiger charge is -2.37. The van der Waals surface area contributed by atoms with Crippen molar-refractivity contribution in [2.75, 3.05) is 14.2 Å². The Kier molecular flexibility index (Phi) is 7.42. The summed E-state index contributed by atoms with van der Waals surface area (Å²) in [5, 5.41) is 2.43. The van der Waals surface area contributed by atoms with E-state index >= 15 is 0 Å². The standard InChI is InChI=1S/C27H26N3O4P/c1-33-35(32,34-2)26(29-21-31)18-25-19-30(20-28-25)27(22-12-6-3-7-13-22,23-14-8-4-9-15-23)24-16-10-5-11-17-24/h3-21H,1-2H3,(H,29,31)/b26-18-. The first-order chi connectivity index (χ1) is 17.1. The Labute approximate surface area is 204 Å². The minimum absolute atomic E-state index is 0.00696. The summed E-state index contributed by atoms with van der Waals surface area (Å²) in [7, 11) is -1.19. The highest BCUT2D eigenvalue weighted by Crippen LogP contribution is 2.53. The Morgan fingerprint density at radius 2 is 1.31 bits per heavy atom. The van der Waals surface area contributed by atoms with E-state index in [9.17, 15) is 9.36 Å². The molecule has 7 nitrogen and oxygen atoms in total. The number of aromatic nitrogens is 2. The van der Waals surface area contributed by atoms with E-state index in [-0.39, 0.29) is 5.44 Å². The van der Waals surface area contributed by atoms with Crippen LogP contribution in [0.1, 0.15) is 22.4 Å². The lowest BCUT2D eigenvalue weighted by molar-refractivity contribution is -0.108. The molecule has 0 spiro atoms. The van der Waals surface area contributed by atoms with Gasteiger partial charge in [-0.25, -0.2) is 4.98 Å². The largest absolute Gasteiger partial charge is 0.377 e. The first-order valence-electron chi connectivity index (χ1n) is 10.9. The highest BCUT2D eigenvalue weighted by atomic mass is 31.2. The van der Waals surface area contributed by atoms with E-state index in [1.165, 1.54) is 20.3 Å². The van der Waals surface area contributed by atoms with E-state index in [0.29, 0.717) is 12.1 Å². The monoisotopic (exact) mass is 487 g/mol. The van der Waals surface area contributed by atoms with Crippen molar-refractivity contribution in [1.82, 2.24) is 14.9 Å². The molecule has 1 amide bonds. The van der Waals surface area contributed by atoms with Crippen LogP contribution < -0.4 is 5.32 Å². The first-order valence-corrected chi connectivity index (χ1v) is 12.5. The van der Waals surface area contributed by atoms with E-state index in [4.69, 9.17) is 9.05 Å². The second-order valence-electron chi connectivity index (χ2n) is 7.67. The lowest BCUT2D eigenvalue weighted by Crippen LogP contribution is -2.36. The molecule has 1 N–H and O–H groups in total. The van der Waals surface area contributed by atoms with Gasteiger partial charge in [0.15, 0.2) is 0 Å². The average molecular weight is 487 g/mol. The average Bonchev–Trinajstić information content (AvgIpc) is 3.39. The van der Waals surface area contributed by atoms with Crippen molar-refractivity contribution < 1.29 is 18.4 Å². The van der Waals surface area contributed by atoms with Gasteiger partial charge < -0.3 is 18.9 Å². The Morgan fingerprint density at radius 1 is 0.857 bits per heavy atom. The van der Waals surface area contributed by atoms with Crippen LogP contribution in [0.4, 0.5) is 0 Å². The molecule has 3 aromatic carbocycles. The van der Waals surface area contributed by atoms with Gasteiger partial charge in [-0.3, -0.25) is 9.36 Å². The lowest BCUT2D eigenvalue weighted by atomic mass is 9.77. The molecule has 0 bridgehead atoms. The molecule has 0 aliphatic carbocycles. The van der Waals surface area contributed by atoms with Crippen LogP contribution in [0.3, 0.4) is 0 Å². The minimum atomic E-state index is -3.71. The molecule has 35 heavy (non-hydrogen) atoms. The third-order valence-electron chi connectivity index (χ3n) is 5.83. The molecule has 178 valence electrons. The van der Waals surface area contributed by atoms with Gasteiger partial charge in [-0.05, 0) is 22.8 Å². The van der Waals surface area contributed by atoms with Crippen molar-refractivity contribution in [2.45, 2.75) is 5.54 Å². The minimum Gasteiger partial charge on any atom is -0.322 e. The molecule has 1 heterocycles. The maximum absolute atomic E-state index is 12.9. The Morgan fingerprint density at radius 3 is 1.71 bits per heavy atom. The number of hydrogen-bond donors (Lipinski definition) is 1. The van der Waals surface area contributed by atoms with Crippen LogP contribution >= 0.6 is 7.60 Å². The molecule has 0 radical (unpaired) electrons. The molecular weight excluding hydrogens is 461 g/mol. The Hall–Kier alpha value is -3.77.